The van der Waals surface area contributed by atoms with E-state index in [4.69, 9.17) is 4.74 Å². The fraction of sp³-hybridized carbons (Fsp3) is 0.682. The summed E-state index contributed by atoms with van der Waals surface area (Å²) in [5, 5.41) is 0. The predicted octanol–water partition coefficient (Wildman–Crippen LogP) is 2.22. The van der Waals surface area contributed by atoms with E-state index >= 15 is 0 Å². The fourth-order valence-electron chi connectivity index (χ4n) is 5.36. The van der Waals surface area contributed by atoms with Crippen molar-refractivity contribution < 1.29 is 17.9 Å². The van der Waals surface area contributed by atoms with Crippen molar-refractivity contribution in [3.63, 3.8) is 0 Å². The van der Waals surface area contributed by atoms with Gasteiger partial charge < -0.3 is 9.64 Å². The Morgan fingerprint density at radius 3 is 2.41 bits per heavy atom. The van der Waals surface area contributed by atoms with Crippen LogP contribution >= 0.6 is 0 Å². The molecule has 3 fully saturated rings. The van der Waals surface area contributed by atoms with Gasteiger partial charge in [-0.25, -0.2) is 8.42 Å². The second kappa shape index (κ2) is 8.00. The Kier molecular flexibility index (Phi) is 5.75. The van der Waals surface area contributed by atoms with Gasteiger partial charge in [0.25, 0.3) is 0 Å². The van der Waals surface area contributed by atoms with Gasteiger partial charge >= 0.3 is 0 Å². The maximum atomic E-state index is 13.9. The number of carbonyl (C=O) groups is 1. The van der Waals surface area contributed by atoms with Gasteiger partial charge in [0, 0.05) is 31.9 Å². The van der Waals surface area contributed by atoms with Gasteiger partial charge in [-0.15, -0.1) is 0 Å². The molecule has 29 heavy (non-hydrogen) atoms. The van der Waals surface area contributed by atoms with E-state index in [9.17, 15) is 13.2 Å². The topological polar surface area (TPSA) is 66.9 Å². The summed E-state index contributed by atoms with van der Waals surface area (Å²) < 4.78 is 29.4. The van der Waals surface area contributed by atoms with Gasteiger partial charge in [0.1, 0.15) is 0 Å². The zero-order chi connectivity index (χ0) is 20.6. The van der Waals surface area contributed by atoms with Crippen LogP contribution in [0.15, 0.2) is 29.2 Å². The molecule has 4 rings (SSSR count). The molecule has 0 bridgehead atoms. The number of rotatable bonds is 3. The number of sulfone groups is 1. The number of morpholine rings is 1. The SMILES string of the molecule is C[C@H]1COC[C@H]2CN(C(=O)C3(c4ccc(S(C)(=O)=O)cc4)CCCCC3)CCN21. The summed E-state index contributed by atoms with van der Waals surface area (Å²) in [6.07, 6.45) is 6.10. The van der Waals surface area contributed by atoms with Crippen LogP contribution in [-0.4, -0.2) is 75.3 Å². The first-order valence-electron chi connectivity index (χ1n) is 10.7. The molecule has 1 amide bonds. The summed E-state index contributed by atoms with van der Waals surface area (Å²) in [6, 6.07) is 7.71. The molecule has 0 spiro atoms. The largest absolute Gasteiger partial charge is 0.378 e. The molecule has 160 valence electrons. The summed E-state index contributed by atoms with van der Waals surface area (Å²) in [6.45, 7) is 6.00. The maximum Gasteiger partial charge on any atom is 0.233 e. The average Bonchev–Trinajstić information content (AvgIpc) is 2.73. The standard InChI is InChI=1S/C22H32N2O4S/c1-17-15-28-16-19-14-23(12-13-24(17)19)21(25)22(10-4-3-5-11-22)18-6-8-20(9-7-18)29(2,26)27/h6-9,17,19H,3-5,10-16H2,1-2H3/t17-,19+/m0/s1. The molecule has 1 aromatic carbocycles. The van der Waals surface area contributed by atoms with Crippen molar-refractivity contribution in [1.82, 2.24) is 9.80 Å². The Morgan fingerprint density at radius 1 is 1.07 bits per heavy atom. The molecular formula is C22H32N2O4S. The zero-order valence-electron chi connectivity index (χ0n) is 17.5. The lowest BCUT2D eigenvalue weighted by Gasteiger charge is -2.49. The Hall–Kier alpha value is -1.44. The molecular weight excluding hydrogens is 388 g/mol. The summed E-state index contributed by atoms with van der Waals surface area (Å²) in [5.74, 6) is 0.210. The van der Waals surface area contributed by atoms with Crippen molar-refractivity contribution in [3.05, 3.63) is 29.8 Å². The number of ether oxygens (including phenoxy) is 1. The van der Waals surface area contributed by atoms with Crippen molar-refractivity contribution >= 4 is 15.7 Å². The minimum atomic E-state index is -3.24. The molecule has 2 heterocycles. The molecule has 0 unspecified atom stereocenters. The zero-order valence-corrected chi connectivity index (χ0v) is 18.3. The van der Waals surface area contributed by atoms with Crippen molar-refractivity contribution in [1.29, 1.82) is 0 Å². The van der Waals surface area contributed by atoms with E-state index in [2.05, 4.69) is 11.8 Å². The fourth-order valence-corrected chi connectivity index (χ4v) is 5.99. The second-order valence-corrected chi connectivity index (χ2v) is 11.0. The first kappa shape index (κ1) is 20.8. The number of hydrogen-bond acceptors (Lipinski definition) is 5. The van der Waals surface area contributed by atoms with Crippen molar-refractivity contribution in [2.75, 3.05) is 39.1 Å². The number of nitrogens with zero attached hydrogens (tertiary/aromatic N) is 2. The van der Waals surface area contributed by atoms with Gasteiger partial charge in [0.05, 0.1) is 29.6 Å². The van der Waals surface area contributed by atoms with Gasteiger partial charge in [-0.3, -0.25) is 9.69 Å². The summed E-state index contributed by atoms with van der Waals surface area (Å²) in [7, 11) is -3.24. The quantitative estimate of drug-likeness (QED) is 0.750. The summed E-state index contributed by atoms with van der Waals surface area (Å²) in [4.78, 5) is 18.7. The lowest BCUT2D eigenvalue weighted by Crippen LogP contribution is -2.64. The number of amides is 1. The van der Waals surface area contributed by atoms with Gasteiger partial charge in [-0.2, -0.15) is 0 Å². The van der Waals surface area contributed by atoms with E-state index in [0.29, 0.717) is 24.1 Å². The maximum absolute atomic E-state index is 13.9. The highest BCUT2D eigenvalue weighted by atomic mass is 32.2. The Morgan fingerprint density at radius 2 is 1.76 bits per heavy atom. The van der Waals surface area contributed by atoms with Crippen LogP contribution in [0.3, 0.4) is 0 Å². The van der Waals surface area contributed by atoms with Gasteiger partial charge in [-0.1, -0.05) is 31.4 Å². The molecule has 2 saturated heterocycles. The Balaban J connectivity index is 1.60. The molecule has 3 aliphatic rings. The molecule has 2 atom stereocenters. The molecule has 7 heteroatoms. The van der Waals surface area contributed by atoms with Gasteiger partial charge in [0.2, 0.25) is 5.91 Å². The van der Waals surface area contributed by atoms with Crippen LogP contribution < -0.4 is 0 Å². The lowest BCUT2D eigenvalue weighted by molar-refractivity contribution is -0.146. The number of benzene rings is 1. The molecule has 1 saturated carbocycles. The van der Waals surface area contributed by atoms with Crippen LogP contribution in [0.5, 0.6) is 0 Å². The number of fused-ring (bicyclic) bond motifs is 1. The molecule has 0 aromatic heterocycles. The van der Waals surface area contributed by atoms with E-state index in [-0.39, 0.29) is 11.9 Å². The van der Waals surface area contributed by atoms with Crippen molar-refractivity contribution in [3.8, 4) is 0 Å². The van der Waals surface area contributed by atoms with E-state index in [1.165, 1.54) is 6.26 Å². The molecule has 6 nitrogen and oxygen atoms in total. The molecule has 1 aliphatic carbocycles. The highest BCUT2D eigenvalue weighted by molar-refractivity contribution is 7.90. The molecule has 2 aliphatic heterocycles. The number of hydrogen-bond donors (Lipinski definition) is 0. The summed E-state index contributed by atoms with van der Waals surface area (Å²) >= 11 is 0. The van der Waals surface area contributed by atoms with Crippen LogP contribution in [0.25, 0.3) is 0 Å². The van der Waals surface area contributed by atoms with E-state index in [1.807, 2.05) is 17.0 Å². The molecule has 0 radical (unpaired) electrons. The number of piperazine rings is 1. The first-order valence-corrected chi connectivity index (χ1v) is 12.6. The van der Waals surface area contributed by atoms with Crippen LogP contribution in [0.4, 0.5) is 0 Å². The van der Waals surface area contributed by atoms with E-state index in [1.54, 1.807) is 12.1 Å². The minimum absolute atomic E-state index is 0.210. The average molecular weight is 421 g/mol. The molecule has 1 aromatic rings. The second-order valence-electron chi connectivity index (χ2n) is 8.97. The van der Waals surface area contributed by atoms with Crippen LogP contribution in [0.1, 0.15) is 44.6 Å². The van der Waals surface area contributed by atoms with Gasteiger partial charge in [-0.05, 0) is 37.5 Å². The highest BCUT2D eigenvalue weighted by Gasteiger charge is 2.46. The van der Waals surface area contributed by atoms with Crippen LogP contribution in [0, 0.1) is 0 Å². The Labute approximate surface area is 174 Å². The van der Waals surface area contributed by atoms with Gasteiger partial charge in [0.15, 0.2) is 9.84 Å². The van der Waals surface area contributed by atoms with E-state index < -0.39 is 15.3 Å². The van der Waals surface area contributed by atoms with Crippen molar-refractivity contribution in [2.24, 2.45) is 0 Å². The third-order valence-electron chi connectivity index (χ3n) is 7.00. The van der Waals surface area contributed by atoms with E-state index in [0.717, 1.165) is 57.4 Å². The first-order chi connectivity index (χ1) is 13.8. The highest BCUT2D eigenvalue weighted by Crippen LogP contribution is 2.42. The Bertz CT molecular complexity index is 846. The van der Waals surface area contributed by atoms with Crippen LogP contribution in [-0.2, 0) is 24.8 Å². The monoisotopic (exact) mass is 420 g/mol. The van der Waals surface area contributed by atoms with Crippen LogP contribution in [0.2, 0.25) is 0 Å². The predicted molar refractivity (Wildman–Crippen MR) is 112 cm³/mol. The summed E-state index contributed by atoms with van der Waals surface area (Å²) in [5.41, 5.74) is 0.433. The number of carbonyl (C=O) groups excluding carboxylic acids is 1. The normalized spacial score (nSPS) is 28.0. The minimum Gasteiger partial charge on any atom is -0.378 e. The lowest BCUT2D eigenvalue weighted by atomic mass is 9.68. The van der Waals surface area contributed by atoms with Crippen molar-refractivity contribution in [2.45, 2.75) is 61.4 Å². The third-order valence-corrected chi connectivity index (χ3v) is 8.13. The molecule has 0 N–H and O–H groups in total. The smallest absolute Gasteiger partial charge is 0.233 e. The third kappa shape index (κ3) is 3.97.